The highest BCUT2D eigenvalue weighted by Crippen LogP contribution is 2.23. The summed E-state index contributed by atoms with van der Waals surface area (Å²) in [6.07, 6.45) is 0.856. The van der Waals surface area contributed by atoms with Gasteiger partial charge in [-0.15, -0.1) is 0 Å². The first-order chi connectivity index (χ1) is 7.91. The number of anilines is 1. The van der Waals surface area contributed by atoms with Crippen LogP contribution in [-0.2, 0) is 9.59 Å². The minimum atomic E-state index is -1.15. The maximum Gasteiger partial charge on any atom is 0.328 e. The van der Waals surface area contributed by atoms with Crippen molar-refractivity contribution in [3.05, 3.63) is 40.4 Å². The Morgan fingerprint density at radius 3 is 2.65 bits per heavy atom. The van der Waals surface area contributed by atoms with Crippen molar-refractivity contribution < 1.29 is 14.7 Å². The highest BCUT2D eigenvalue weighted by atomic mass is 35.5. The van der Waals surface area contributed by atoms with Crippen molar-refractivity contribution in [1.29, 1.82) is 0 Å². The molecule has 17 heavy (non-hydrogen) atoms. The Labute approximate surface area is 104 Å². The molecular formula is C12H12ClNO3. The Morgan fingerprint density at radius 2 is 2.06 bits per heavy atom. The van der Waals surface area contributed by atoms with Gasteiger partial charge in [0.05, 0.1) is 0 Å². The van der Waals surface area contributed by atoms with Crippen molar-refractivity contribution in [2.24, 2.45) is 0 Å². The molecule has 0 aliphatic heterocycles. The molecule has 0 bridgehead atoms. The van der Waals surface area contributed by atoms with Crippen molar-refractivity contribution in [1.82, 2.24) is 0 Å². The zero-order valence-corrected chi connectivity index (χ0v) is 10.2. The molecule has 1 amide bonds. The number of hydrogen-bond donors (Lipinski definition) is 2. The van der Waals surface area contributed by atoms with Crippen molar-refractivity contribution in [3.63, 3.8) is 0 Å². The number of carboxylic acid groups (broad SMARTS) is 1. The Balaban J connectivity index is 2.89. The summed E-state index contributed by atoms with van der Waals surface area (Å²) in [7, 11) is 0. The number of hydrogen-bond acceptors (Lipinski definition) is 2. The van der Waals surface area contributed by atoms with E-state index in [9.17, 15) is 9.59 Å². The predicted octanol–water partition coefficient (Wildman–Crippen LogP) is 2.62. The van der Waals surface area contributed by atoms with E-state index in [1.54, 1.807) is 25.1 Å². The second-order valence-electron chi connectivity index (χ2n) is 3.53. The number of rotatable bonds is 3. The number of carbonyl (C=O) groups excluding carboxylic acids is 1. The molecule has 0 saturated heterocycles. The Morgan fingerprint density at radius 1 is 1.41 bits per heavy atom. The smallest absolute Gasteiger partial charge is 0.328 e. The van der Waals surface area contributed by atoms with Gasteiger partial charge in [-0.25, -0.2) is 4.79 Å². The molecule has 1 rings (SSSR count). The van der Waals surface area contributed by atoms with Crippen LogP contribution >= 0.6 is 11.6 Å². The number of carbonyl (C=O) groups is 2. The van der Waals surface area contributed by atoms with E-state index in [1.165, 1.54) is 6.92 Å². The molecular weight excluding hydrogens is 242 g/mol. The van der Waals surface area contributed by atoms with Gasteiger partial charge in [0.2, 0.25) is 0 Å². The van der Waals surface area contributed by atoms with Crippen LogP contribution in [0.25, 0.3) is 0 Å². The van der Waals surface area contributed by atoms with E-state index in [4.69, 9.17) is 16.7 Å². The number of nitrogens with one attached hydrogen (secondary N) is 1. The Hall–Kier alpha value is -1.81. The molecule has 5 heteroatoms. The van der Waals surface area contributed by atoms with Crippen LogP contribution < -0.4 is 5.32 Å². The molecule has 1 aromatic carbocycles. The van der Waals surface area contributed by atoms with Gasteiger partial charge in [-0.3, -0.25) is 4.79 Å². The fourth-order valence-electron chi connectivity index (χ4n) is 1.21. The molecule has 2 N–H and O–H groups in total. The lowest BCUT2D eigenvalue weighted by atomic mass is 10.2. The second-order valence-corrected chi connectivity index (χ2v) is 3.94. The summed E-state index contributed by atoms with van der Waals surface area (Å²) in [5.41, 5.74) is 1.43. The summed E-state index contributed by atoms with van der Waals surface area (Å²) in [6.45, 7) is 3.21. The number of benzene rings is 1. The predicted molar refractivity (Wildman–Crippen MR) is 66.2 cm³/mol. The summed E-state index contributed by atoms with van der Waals surface area (Å²) in [4.78, 5) is 22.0. The molecule has 0 heterocycles. The van der Waals surface area contributed by atoms with E-state index >= 15 is 0 Å². The molecule has 4 nitrogen and oxygen atoms in total. The van der Waals surface area contributed by atoms with Gasteiger partial charge >= 0.3 is 5.97 Å². The lowest BCUT2D eigenvalue weighted by Crippen LogP contribution is -2.14. The van der Waals surface area contributed by atoms with Crippen LogP contribution in [0, 0.1) is 6.92 Å². The molecule has 0 fully saturated rings. The number of amides is 1. The van der Waals surface area contributed by atoms with Gasteiger partial charge in [0.15, 0.2) is 0 Å². The van der Waals surface area contributed by atoms with Gasteiger partial charge in [-0.05, 0) is 31.5 Å². The van der Waals surface area contributed by atoms with E-state index < -0.39 is 11.9 Å². The van der Waals surface area contributed by atoms with Crippen LogP contribution in [0.4, 0.5) is 5.69 Å². The molecule has 90 valence electrons. The zero-order valence-electron chi connectivity index (χ0n) is 9.45. The molecule has 0 aliphatic rings. The van der Waals surface area contributed by atoms with Crippen LogP contribution in [0.2, 0.25) is 5.02 Å². The minimum absolute atomic E-state index is 0.122. The molecule has 0 radical (unpaired) electrons. The normalized spacial score (nSPS) is 11.1. The third-order valence-electron chi connectivity index (χ3n) is 2.21. The summed E-state index contributed by atoms with van der Waals surface area (Å²) >= 11 is 5.90. The third-order valence-corrected chi connectivity index (χ3v) is 2.62. The molecule has 0 unspecified atom stereocenters. The van der Waals surface area contributed by atoms with E-state index in [-0.39, 0.29) is 5.57 Å². The fraction of sp³-hybridized carbons (Fsp3) is 0.167. The first kappa shape index (κ1) is 13.3. The van der Waals surface area contributed by atoms with Gasteiger partial charge in [0.1, 0.15) is 0 Å². The average molecular weight is 254 g/mol. The highest BCUT2D eigenvalue weighted by Gasteiger charge is 2.09. The van der Waals surface area contributed by atoms with E-state index in [1.807, 2.05) is 0 Å². The molecule has 0 atom stereocenters. The summed E-state index contributed by atoms with van der Waals surface area (Å²) in [6, 6.07) is 5.13. The first-order valence-electron chi connectivity index (χ1n) is 4.89. The fourth-order valence-corrected chi connectivity index (χ4v) is 1.39. The standard InChI is InChI=1S/C12H12ClNO3/c1-7(6-11(15)16)12(17)14-10-5-3-4-9(13)8(10)2/h3-6H,1-2H3,(H,14,17)(H,15,16)/b7-6-. The topological polar surface area (TPSA) is 66.4 Å². The summed E-state index contributed by atoms with van der Waals surface area (Å²) in [5, 5.41) is 11.7. The molecule has 0 aromatic heterocycles. The highest BCUT2D eigenvalue weighted by molar-refractivity contribution is 6.31. The van der Waals surface area contributed by atoms with Gasteiger partial charge in [-0.1, -0.05) is 17.7 Å². The number of aliphatic carboxylic acids is 1. The van der Waals surface area contributed by atoms with Crippen molar-refractivity contribution in [3.8, 4) is 0 Å². The quantitative estimate of drug-likeness (QED) is 0.814. The van der Waals surface area contributed by atoms with E-state index in [0.29, 0.717) is 10.7 Å². The molecule has 0 saturated carbocycles. The van der Waals surface area contributed by atoms with Gasteiger partial charge in [-0.2, -0.15) is 0 Å². The Bertz CT molecular complexity index is 495. The van der Waals surface area contributed by atoms with Crippen molar-refractivity contribution >= 4 is 29.2 Å². The van der Waals surface area contributed by atoms with Gasteiger partial charge in [0.25, 0.3) is 5.91 Å². The Kier molecular flexibility index (Phi) is 4.29. The van der Waals surface area contributed by atoms with Crippen LogP contribution in [-0.4, -0.2) is 17.0 Å². The summed E-state index contributed by atoms with van der Waals surface area (Å²) in [5.74, 6) is -1.61. The SMILES string of the molecule is C/C(=C/C(=O)O)C(=O)Nc1cccc(Cl)c1C. The first-order valence-corrected chi connectivity index (χ1v) is 5.27. The lowest BCUT2D eigenvalue weighted by Gasteiger charge is -2.09. The monoisotopic (exact) mass is 253 g/mol. The van der Waals surface area contributed by atoms with Crippen LogP contribution in [0.3, 0.4) is 0 Å². The maximum atomic E-state index is 11.6. The van der Waals surface area contributed by atoms with Crippen molar-refractivity contribution in [2.45, 2.75) is 13.8 Å². The summed E-state index contributed by atoms with van der Waals surface area (Å²) < 4.78 is 0. The molecule has 0 aliphatic carbocycles. The van der Waals surface area contributed by atoms with Crippen LogP contribution in [0.1, 0.15) is 12.5 Å². The van der Waals surface area contributed by atoms with E-state index in [0.717, 1.165) is 11.6 Å². The maximum absolute atomic E-state index is 11.6. The molecule has 0 spiro atoms. The zero-order chi connectivity index (χ0) is 13.0. The lowest BCUT2D eigenvalue weighted by molar-refractivity contribution is -0.131. The van der Waals surface area contributed by atoms with E-state index in [2.05, 4.69) is 5.32 Å². The van der Waals surface area contributed by atoms with Gasteiger partial charge in [0, 0.05) is 22.4 Å². The van der Waals surface area contributed by atoms with Crippen molar-refractivity contribution in [2.75, 3.05) is 5.32 Å². The largest absolute Gasteiger partial charge is 0.478 e. The van der Waals surface area contributed by atoms with Crippen LogP contribution in [0.15, 0.2) is 29.8 Å². The molecule has 1 aromatic rings. The number of carboxylic acids is 1. The second kappa shape index (κ2) is 5.50. The number of halogens is 1. The average Bonchev–Trinajstić information content (AvgIpc) is 2.23. The minimum Gasteiger partial charge on any atom is -0.478 e. The van der Waals surface area contributed by atoms with Crippen LogP contribution in [0.5, 0.6) is 0 Å². The van der Waals surface area contributed by atoms with Gasteiger partial charge < -0.3 is 10.4 Å². The third kappa shape index (κ3) is 3.60.